The van der Waals surface area contributed by atoms with Crippen molar-refractivity contribution in [3.05, 3.63) is 18.2 Å². The lowest BCUT2D eigenvalue weighted by Crippen LogP contribution is -2.35. The van der Waals surface area contributed by atoms with Gasteiger partial charge in [-0.25, -0.2) is 4.79 Å². The van der Waals surface area contributed by atoms with Gasteiger partial charge in [-0.2, -0.15) is 0 Å². The highest BCUT2D eigenvalue weighted by molar-refractivity contribution is 5.96. The van der Waals surface area contributed by atoms with E-state index in [0.717, 1.165) is 6.42 Å². The number of hydrogen-bond donors (Lipinski definition) is 4. The topological polar surface area (TPSA) is 119 Å². The van der Waals surface area contributed by atoms with E-state index in [9.17, 15) is 9.59 Å². The Morgan fingerprint density at radius 2 is 2.05 bits per heavy atom. The quantitative estimate of drug-likeness (QED) is 0.626. The Morgan fingerprint density at radius 3 is 2.60 bits per heavy atom. The fourth-order valence-corrected chi connectivity index (χ4v) is 1.68. The molecule has 0 aromatic heterocycles. The van der Waals surface area contributed by atoms with E-state index >= 15 is 0 Å². The summed E-state index contributed by atoms with van der Waals surface area (Å²) in [7, 11) is 1.45. The molecule has 0 fully saturated rings. The summed E-state index contributed by atoms with van der Waals surface area (Å²) in [5.41, 5.74) is 11.7. The molecule has 0 heterocycles. The van der Waals surface area contributed by atoms with Crippen LogP contribution in [0.4, 0.5) is 16.2 Å². The maximum absolute atomic E-state index is 11.8. The summed E-state index contributed by atoms with van der Waals surface area (Å²) in [6.45, 7) is 1.96. The Kier molecular flexibility index (Phi) is 5.79. The van der Waals surface area contributed by atoms with Crippen LogP contribution in [0.5, 0.6) is 5.75 Å². The number of nitrogens with one attached hydrogen (secondary N) is 2. The minimum absolute atomic E-state index is 0.260. The average molecular weight is 280 g/mol. The van der Waals surface area contributed by atoms with Crippen molar-refractivity contribution in [3.8, 4) is 5.75 Å². The average Bonchev–Trinajstić information content (AvgIpc) is 2.40. The van der Waals surface area contributed by atoms with Crippen molar-refractivity contribution in [2.24, 2.45) is 11.5 Å². The molecule has 6 N–H and O–H groups in total. The predicted molar refractivity (Wildman–Crippen MR) is 77.7 cm³/mol. The molecule has 0 radical (unpaired) electrons. The monoisotopic (exact) mass is 280 g/mol. The number of carbonyl (C=O) groups is 2. The first-order chi connectivity index (χ1) is 9.47. The minimum atomic E-state index is -0.690. The SMILES string of the molecule is CCCC(N)C(=O)Nc1ccc(NC(N)=O)c(OC)c1. The number of carbonyl (C=O) groups excluding carboxylic acids is 2. The third kappa shape index (κ3) is 4.43. The first-order valence-electron chi connectivity index (χ1n) is 6.28. The number of methoxy groups -OCH3 is 1. The van der Waals surface area contributed by atoms with Gasteiger partial charge < -0.3 is 26.8 Å². The number of nitrogens with two attached hydrogens (primary N) is 2. The number of benzene rings is 1. The molecule has 1 aromatic rings. The maximum atomic E-state index is 11.8. The summed E-state index contributed by atoms with van der Waals surface area (Å²) in [5.74, 6) is 0.134. The molecule has 7 heteroatoms. The summed E-state index contributed by atoms with van der Waals surface area (Å²) in [6.07, 6.45) is 1.45. The molecule has 0 spiro atoms. The highest BCUT2D eigenvalue weighted by Gasteiger charge is 2.13. The molecule has 1 unspecified atom stereocenters. The van der Waals surface area contributed by atoms with Crippen molar-refractivity contribution < 1.29 is 14.3 Å². The Hall–Kier alpha value is -2.28. The number of amides is 3. The smallest absolute Gasteiger partial charge is 0.316 e. The molecule has 7 nitrogen and oxygen atoms in total. The second kappa shape index (κ2) is 7.34. The van der Waals surface area contributed by atoms with Crippen LogP contribution in [0, 0.1) is 0 Å². The number of anilines is 2. The summed E-state index contributed by atoms with van der Waals surface area (Å²) in [5, 5.41) is 5.12. The fourth-order valence-electron chi connectivity index (χ4n) is 1.68. The zero-order chi connectivity index (χ0) is 15.1. The molecule has 0 aliphatic rings. The molecule has 0 aliphatic heterocycles. The molecule has 1 atom stereocenters. The van der Waals surface area contributed by atoms with Crippen LogP contribution in [0.25, 0.3) is 0 Å². The normalized spacial score (nSPS) is 11.6. The Labute approximate surface area is 117 Å². The van der Waals surface area contributed by atoms with E-state index in [1.54, 1.807) is 18.2 Å². The van der Waals surface area contributed by atoms with E-state index in [1.807, 2.05) is 6.92 Å². The molecule has 1 aromatic carbocycles. The van der Waals surface area contributed by atoms with Gasteiger partial charge >= 0.3 is 6.03 Å². The summed E-state index contributed by atoms with van der Waals surface area (Å²) in [6, 6.07) is 3.57. The van der Waals surface area contributed by atoms with E-state index in [1.165, 1.54) is 7.11 Å². The van der Waals surface area contributed by atoms with Crippen LogP contribution in [-0.2, 0) is 4.79 Å². The van der Waals surface area contributed by atoms with Gasteiger partial charge in [-0.05, 0) is 18.6 Å². The van der Waals surface area contributed by atoms with Gasteiger partial charge in [-0.15, -0.1) is 0 Å². The van der Waals surface area contributed by atoms with Gasteiger partial charge in [0.15, 0.2) is 0 Å². The lowest BCUT2D eigenvalue weighted by Gasteiger charge is -2.14. The van der Waals surface area contributed by atoms with Crippen LogP contribution < -0.4 is 26.8 Å². The lowest BCUT2D eigenvalue weighted by atomic mass is 10.1. The van der Waals surface area contributed by atoms with Gasteiger partial charge in [-0.1, -0.05) is 13.3 Å². The molecule has 0 bridgehead atoms. The Morgan fingerprint density at radius 1 is 1.35 bits per heavy atom. The van der Waals surface area contributed by atoms with E-state index < -0.39 is 12.1 Å². The molecule has 20 heavy (non-hydrogen) atoms. The molecular formula is C13H20N4O3. The predicted octanol–water partition coefficient (Wildman–Crippen LogP) is 1.25. The van der Waals surface area contributed by atoms with Gasteiger partial charge in [0.25, 0.3) is 0 Å². The molecule has 0 saturated carbocycles. The second-order valence-corrected chi connectivity index (χ2v) is 4.29. The Bertz CT molecular complexity index is 491. The minimum Gasteiger partial charge on any atom is -0.494 e. The number of hydrogen-bond acceptors (Lipinski definition) is 4. The highest BCUT2D eigenvalue weighted by Crippen LogP contribution is 2.27. The summed E-state index contributed by atoms with van der Waals surface area (Å²) in [4.78, 5) is 22.6. The van der Waals surface area contributed by atoms with Gasteiger partial charge in [0, 0.05) is 11.8 Å². The number of urea groups is 1. The Balaban J connectivity index is 2.82. The first kappa shape index (κ1) is 15.8. The van der Waals surface area contributed by atoms with Crippen molar-refractivity contribution >= 4 is 23.3 Å². The van der Waals surface area contributed by atoms with Crippen LogP contribution in [0.1, 0.15) is 19.8 Å². The van der Waals surface area contributed by atoms with Crippen molar-refractivity contribution in [2.45, 2.75) is 25.8 Å². The molecule has 3 amide bonds. The highest BCUT2D eigenvalue weighted by atomic mass is 16.5. The van der Waals surface area contributed by atoms with Crippen molar-refractivity contribution in [1.82, 2.24) is 0 Å². The van der Waals surface area contributed by atoms with Crippen LogP contribution in [-0.4, -0.2) is 25.1 Å². The van der Waals surface area contributed by atoms with Crippen molar-refractivity contribution in [1.29, 1.82) is 0 Å². The van der Waals surface area contributed by atoms with Crippen LogP contribution in [0.3, 0.4) is 0 Å². The van der Waals surface area contributed by atoms with Crippen LogP contribution in [0.15, 0.2) is 18.2 Å². The zero-order valence-corrected chi connectivity index (χ0v) is 11.6. The zero-order valence-electron chi connectivity index (χ0n) is 11.6. The standard InChI is InChI=1S/C13H20N4O3/c1-3-4-9(14)12(18)16-8-5-6-10(17-13(15)19)11(7-8)20-2/h5-7,9H,3-4,14H2,1-2H3,(H,16,18)(H3,15,17,19). The van der Waals surface area contributed by atoms with Gasteiger partial charge in [-0.3, -0.25) is 4.79 Å². The van der Waals surface area contributed by atoms with E-state index in [2.05, 4.69) is 10.6 Å². The molecule has 0 aliphatic carbocycles. The third-order valence-corrected chi connectivity index (χ3v) is 2.66. The largest absolute Gasteiger partial charge is 0.494 e. The van der Waals surface area contributed by atoms with E-state index in [-0.39, 0.29) is 5.91 Å². The van der Waals surface area contributed by atoms with Crippen molar-refractivity contribution in [2.75, 3.05) is 17.7 Å². The van der Waals surface area contributed by atoms with E-state index in [0.29, 0.717) is 23.5 Å². The van der Waals surface area contributed by atoms with E-state index in [4.69, 9.17) is 16.2 Å². The van der Waals surface area contributed by atoms with Gasteiger partial charge in [0.05, 0.1) is 18.8 Å². The molecule has 1 rings (SSSR count). The summed E-state index contributed by atoms with van der Waals surface area (Å²) < 4.78 is 5.12. The molecular weight excluding hydrogens is 260 g/mol. The molecule has 0 saturated heterocycles. The molecule has 110 valence electrons. The lowest BCUT2D eigenvalue weighted by molar-refractivity contribution is -0.117. The number of rotatable bonds is 6. The van der Waals surface area contributed by atoms with Crippen LogP contribution in [0.2, 0.25) is 0 Å². The second-order valence-electron chi connectivity index (χ2n) is 4.29. The maximum Gasteiger partial charge on any atom is 0.316 e. The van der Waals surface area contributed by atoms with Crippen molar-refractivity contribution in [3.63, 3.8) is 0 Å². The number of ether oxygens (including phenoxy) is 1. The van der Waals surface area contributed by atoms with Crippen LogP contribution >= 0.6 is 0 Å². The fraction of sp³-hybridized carbons (Fsp3) is 0.385. The summed E-state index contributed by atoms with van der Waals surface area (Å²) >= 11 is 0. The first-order valence-corrected chi connectivity index (χ1v) is 6.28. The number of primary amides is 1. The van der Waals surface area contributed by atoms with Gasteiger partial charge in [0.1, 0.15) is 5.75 Å². The van der Waals surface area contributed by atoms with Gasteiger partial charge in [0.2, 0.25) is 5.91 Å². The third-order valence-electron chi connectivity index (χ3n) is 2.66.